The number of anilines is 2. The highest BCUT2D eigenvalue weighted by molar-refractivity contribution is 9.10. The highest BCUT2D eigenvalue weighted by Gasteiger charge is 2.27. The van der Waals surface area contributed by atoms with Crippen LogP contribution in [0.4, 0.5) is 11.6 Å². The molecule has 1 aliphatic carbocycles. The summed E-state index contributed by atoms with van der Waals surface area (Å²) >= 11 is 16.1. The van der Waals surface area contributed by atoms with E-state index in [0.717, 1.165) is 75.5 Å². The molecule has 8 heteroatoms. The van der Waals surface area contributed by atoms with Gasteiger partial charge in [0.25, 0.3) is 0 Å². The Hall–Kier alpha value is -1.60. The molecule has 0 radical (unpaired) electrons. The Balaban J connectivity index is 1.35. The number of hydrogen-bond donors (Lipinski definition) is 1. The van der Waals surface area contributed by atoms with Gasteiger partial charge in [-0.3, -0.25) is 4.90 Å². The summed E-state index contributed by atoms with van der Waals surface area (Å²) in [5.74, 6) is 1.85. The molecule has 1 saturated heterocycles. The third-order valence-electron chi connectivity index (χ3n) is 5.60. The van der Waals surface area contributed by atoms with Gasteiger partial charge in [0, 0.05) is 53.3 Å². The summed E-state index contributed by atoms with van der Waals surface area (Å²) in [5, 5.41) is 5.07. The van der Waals surface area contributed by atoms with E-state index in [2.05, 4.69) is 31.0 Å². The summed E-state index contributed by atoms with van der Waals surface area (Å²) < 4.78 is 1.02. The van der Waals surface area contributed by atoms with Gasteiger partial charge in [-0.1, -0.05) is 39.1 Å². The van der Waals surface area contributed by atoms with Crippen LogP contribution >= 0.6 is 39.1 Å². The third-order valence-corrected chi connectivity index (χ3v) is 6.70. The lowest BCUT2D eigenvalue weighted by atomic mass is 10.2. The third kappa shape index (κ3) is 4.52. The molecule has 2 fully saturated rings. The number of aromatic nitrogens is 2. The molecule has 0 unspecified atom stereocenters. The van der Waals surface area contributed by atoms with E-state index in [1.54, 1.807) is 0 Å². The fraction of sp³-hybridized carbons (Fsp3) is 0.364. The maximum absolute atomic E-state index is 6.36. The van der Waals surface area contributed by atoms with Gasteiger partial charge in [0.05, 0.1) is 11.0 Å². The van der Waals surface area contributed by atoms with Crippen molar-refractivity contribution in [3.8, 4) is 0 Å². The smallest absolute Gasteiger partial charge is 0.172 e. The molecule has 1 aromatic heterocycles. The van der Waals surface area contributed by atoms with E-state index in [4.69, 9.17) is 33.2 Å². The van der Waals surface area contributed by atoms with E-state index in [0.29, 0.717) is 6.04 Å². The van der Waals surface area contributed by atoms with Crippen LogP contribution < -0.4 is 10.2 Å². The number of hydrogen-bond acceptors (Lipinski definition) is 5. The molecule has 0 atom stereocenters. The highest BCUT2D eigenvalue weighted by atomic mass is 79.9. The molecule has 30 heavy (non-hydrogen) atoms. The van der Waals surface area contributed by atoms with E-state index < -0.39 is 0 Å². The maximum Gasteiger partial charge on any atom is 0.172 e. The largest absolute Gasteiger partial charge is 0.364 e. The molecule has 0 amide bonds. The lowest BCUT2D eigenvalue weighted by Gasteiger charge is -2.36. The van der Waals surface area contributed by atoms with E-state index in [-0.39, 0.29) is 0 Å². The highest BCUT2D eigenvalue weighted by Crippen LogP contribution is 2.32. The van der Waals surface area contributed by atoms with Crippen LogP contribution in [0.3, 0.4) is 0 Å². The molecule has 1 aliphatic heterocycles. The number of benzene rings is 2. The minimum absolute atomic E-state index is 0.525. The molecule has 5 nitrogen and oxygen atoms in total. The standard InChI is InChI=1S/C22H22BrCl2N5/c23-15-1-6-19-20(12-15)28-22(21(27-19)26-17-3-4-17)30-9-7-29(8-10-30)13-14-11-16(24)2-5-18(14)25/h1-2,5-6,11-12,17H,3-4,7-10,13H2,(H,26,27). The van der Waals surface area contributed by atoms with Crippen molar-refractivity contribution in [1.82, 2.24) is 14.9 Å². The minimum Gasteiger partial charge on any atom is -0.364 e. The number of nitrogens with one attached hydrogen (secondary N) is 1. The van der Waals surface area contributed by atoms with Crippen molar-refractivity contribution in [1.29, 1.82) is 0 Å². The zero-order valence-electron chi connectivity index (χ0n) is 16.4. The van der Waals surface area contributed by atoms with Crippen molar-refractivity contribution < 1.29 is 0 Å². The van der Waals surface area contributed by atoms with Crippen LogP contribution in [0, 0.1) is 0 Å². The molecule has 156 valence electrons. The topological polar surface area (TPSA) is 44.3 Å². The van der Waals surface area contributed by atoms with Crippen LogP contribution in [0.2, 0.25) is 10.0 Å². The lowest BCUT2D eigenvalue weighted by Crippen LogP contribution is -2.46. The normalized spacial score (nSPS) is 17.5. The molecule has 1 N–H and O–H groups in total. The van der Waals surface area contributed by atoms with Gasteiger partial charge in [-0.2, -0.15) is 0 Å². The molecule has 2 heterocycles. The summed E-state index contributed by atoms with van der Waals surface area (Å²) in [5.41, 5.74) is 2.90. The van der Waals surface area contributed by atoms with Gasteiger partial charge >= 0.3 is 0 Å². The number of rotatable bonds is 5. The molecule has 2 aromatic carbocycles. The molecule has 1 saturated carbocycles. The van der Waals surface area contributed by atoms with E-state index in [9.17, 15) is 0 Å². The Labute approximate surface area is 194 Å². The number of piperazine rings is 1. The number of halogens is 3. The quantitative estimate of drug-likeness (QED) is 0.488. The van der Waals surface area contributed by atoms with Crippen LogP contribution in [-0.2, 0) is 6.54 Å². The monoisotopic (exact) mass is 505 g/mol. The van der Waals surface area contributed by atoms with Crippen molar-refractivity contribution in [2.75, 3.05) is 36.4 Å². The molecule has 3 aromatic rings. The molecular weight excluding hydrogens is 485 g/mol. The molecule has 5 rings (SSSR count). The van der Waals surface area contributed by atoms with Crippen molar-refractivity contribution >= 4 is 61.8 Å². The minimum atomic E-state index is 0.525. The maximum atomic E-state index is 6.36. The summed E-state index contributed by atoms with van der Waals surface area (Å²) in [6, 6.07) is 12.2. The van der Waals surface area contributed by atoms with Crippen molar-refractivity contribution in [2.24, 2.45) is 0 Å². The summed E-state index contributed by atoms with van der Waals surface area (Å²) in [6.45, 7) is 4.46. The summed E-state index contributed by atoms with van der Waals surface area (Å²) in [7, 11) is 0. The second-order valence-corrected chi connectivity index (χ2v) is 9.71. The van der Waals surface area contributed by atoms with Crippen LogP contribution in [0.5, 0.6) is 0 Å². The number of nitrogens with zero attached hydrogens (tertiary/aromatic N) is 4. The second-order valence-electron chi connectivity index (χ2n) is 7.95. The van der Waals surface area contributed by atoms with Gasteiger partial charge in [0.2, 0.25) is 0 Å². The van der Waals surface area contributed by atoms with Crippen molar-refractivity contribution in [2.45, 2.75) is 25.4 Å². The van der Waals surface area contributed by atoms with Crippen LogP contribution in [-0.4, -0.2) is 47.1 Å². The average molecular weight is 507 g/mol. The Morgan fingerprint density at radius 2 is 1.77 bits per heavy atom. The number of fused-ring (bicyclic) bond motifs is 1. The Morgan fingerprint density at radius 1 is 0.967 bits per heavy atom. The van der Waals surface area contributed by atoms with Gasteiger partial charge < -0.3 is 10.2 Å². The fourth-order valence-corrected chi connectivity index (χ4v) is 4.50. The van der Waals surface area contributed by atoms with Gasteiger partial charge in [-0.05, 0) is 54.8 Å². The Morgan fingerprint density at radius 3 is 2.53 bits per heavy atom. The molecule has 0 bridgehead atoms. The fourth-order valence-electron chi connectivity index (χ4n) is 3.78. The first kappa shape index (κ1) is 20.3. The summed E-state index contributed by atoms with van der Waals surface area (Å²) in [6.07, 6.45) is 2.40. The first-order valence-electron chi connectivity index (χ1n) is 10.2. The summed E-state index contributed by atoms with van der Waals surface area (Å²) in [4.78, 5) is 14.6. The molecule has 0 spiro atoms. The van der Waals surface area contributed by atoms with Crippen molar-refractivity contribution in [3.05, 3.63) is 56.5 Å². The molecule has 2 aliphatic rings. The molecular formula is C22H22BrCl2N5. The van der Waals surface area contributed by atoms with Crippen LogP contribution in [0.25, 0.3) is 11.0 Å². The second kappa shape index (κ2) is 8.50. The Bertz CT molecular complexity index is 1080. The zero-order valence-corrected chi connectivity index (χ0v) is 19.5. The van der Waals surface area contributed by atoms with Gasteiger partial charge in [0.1, 0.15) is 0 Å². The average Bonchev–Trinajstić information content (AvgIpc) is 3.55. The Kier molecular flexibility index (Phi) is 5.75. The van der Waals surface area contributed by atoms with Crippen LogP contribution in [0.15, 0.2) is 40.9 Å². The predicted molar refractivity (Wildman–Crippen MR) is 128 cm³/mol. The van der Waals surface area contributed by atoms with Gasteiger partial charge in [0.15, 0.2) is 11.6 Å². The SMILES string of the molecule is Clc1ccc(Cl)c(CN2CCN(c3nc4cc(Br)ccc4nc3NC3CC3)CC2)c1. The lowest BCUT2D eigenvalue weighted by molar-refractivity contribution is 0.249. The van der Waals surface area contributed by atoms with E-state index >= 15 is 0 Å². The predicted octanol–water partition coefficient (Wildman–Crippen LogP) is 5.60. The van der Waals surface area contributed by atoms with Gasteiger partial charge in [-0.25, -0.2) is 9.97 Å². The van der Waals surface area contributed by atoms with Gasteiger partial charge in [-0.15, -0.1) is 0 Å². The van der Waals surface area contributed by atoms with E-state index in [1.807, 2.05) is 36.4 Å². The first-order valence-corrected chi connectivity index (χ1v) is 11.7. The zero-order chi connectivity index (χ0) is 20.7. The first-order chi connectivity index (χ1) is 14.5. The van der Waals surface area contributed by atoms with Crippen LogP contribution in [0.1, 0.15) is 18.4 Å². The van der Waals surface area contributed by atoms with E-state index in [1.165, 1.54) is 12.8 Å². The van der Waals surface area contributed by atoms with Crippen molar-refractivity contribution in [3.63, 3.8) is 0 Å².